The summed E-state index contributed by atoms with van der Waals surface area (Å²) in [5.74, 6) is -2.84. The molecule has 14 heteroatoms. The number of halogens is 5. The molecule has 232 valence electrons. The third-order valence-corrected chi connectivity index (χ3v) is 8.13. The normalized spacial score (nSPS) is 21.9. The van der Waals surface area contributed by atoms with Crippen LogP contribution in [0.1, 0.15) is 13.8 Å². The highest BCUT2D eigenvalue weighted by molar-refractivity contribution is 6.09. The van der Waals surface area contributed by atoms with Gasteiger partial charge in [-0.15, -0.1) is 0 Å². The van der Waals surface area contributed by atoms with Crippen LogP contribution < -0.4 is 15.1 Å². The van der Waals surface area contributed by atoms with Gasteiger partial charge < -0.3 is 24.8 Å². The second kappa shape index (κ2) is 12.1. The Bertz CT molecular complexity index is 1410. The molecule has 2 fully saturated rings. The summed E-state index contributed by atoms with van der Waals surface area (Å²) in [6.45, 7) is 6.74. The zero-order valence-corrected chi connectivity index (χ0v) is 24.4. The average Bonchev–Trinajstić information content (AvgIpc) is 2.97. The van der Waals surface area contributed by atoms with Crippen molar-refractivity contribution in [1.29, 1.82) is 0 Å². The van der Waals surface area contributed by atoms with Crippen molar-refractivity contribution in [2.45, 2.75) is 32.1 Å². The van der Waals surface area contributed by atoms with Crippen LogP contribution in [0.3, 0.4) is 0 Å². The number of morpholine rings is 1. The third-order valence-electron chi connectivity index (χ3n) is 8.13. The lowest BCUT2D eigenvalue weighted by Crippen LogP contribution is -2.55. The number of nitrogens with one attached hydrogen (secondary N) is 1. The maximum atomic E-state index is 16.5. The first-order chi connectivity index (χ1) is 20.3. The third kappa shape index (κ3) is 6.30. The van der Waals surface area contributed by atoms with Gasteiger partial charge in [0.05, 0.1) is 35.6 Å². The number of hydrogen-bond donors (Lipinski definition) is 1. The van der Waals surface area contributed by atoms with E-state index in [1.54, 1.807) is 4.90 Å². The Kier molecular flexibility index (Phi) is 8.61. The van der Waals surface area contributed by atoms with Gasteiger partial charge in [-0.05, 0) is 20.9 Å². The van der Waals surface area contributed by atoms with E-state index < -0.39 is 46.1 Å². The van der Waals surface area contributed by atoms with Gasteiger partial charge in [-0.3, -0.25) is 9.69 Å². The van der Waals surface area contributed by atoms with E-state index in [2.05, 4.69) is 20.2 Å². The minimum absolute atomic E-state index is 0.00583. The summed E-state index contributed by atoms with van der Waals surface area (Å²) < 4.78 is 79.0. The lowest BCUT2D eigenvalue weighted by Gasteiger charge is -2.44. The topological polar surface area (TPSA) is 77.1 Å². The number of hydrogen-bond acceptors (Lipinski definition) is 8. The van der Waals surface area contributed by atoms with Gasteiger partial charge in [0.25, 0.3) is 5.91 Å². The van der Waals surface area contributed by atoms with Crippen LogP contribution in [-0.2, 0) is 9.53 Å². The summed E-state index contributed by atoms with van der Waals surface area (Å²) in [6, 6.07) is 1.10. The Morgan fingerprint density at radius 2 is 1.65 bits per heavy atom. The van der Waals surface area contributed by atoms with E-state index in [1.807, 2.05) is 25.8 Å². The largest absolute Gasteiger partial charge is 0.416 e. The Labute approximate surface area is 246 Å². The van der Waals surface area contributed by atoms with Gasteiger partial charge in [0.15, 0.2) is 5.82 Å². The van der Waals surface area contributed by atoms with Crippen molar-refractivity contribution in [1.82, 2.24) is 19.8 Å². The standard InChI is InChI=1S/C29H34F5N7O2/c1-17-14-41(15-18(2)39(17)4)23-11-22(30)24(19-12-35-28(36-13-19)40-7-9-43-10-8-40)25(31)26(23)37-27(42)20-16-38(3)6-5-21(20)29(32,33)34/h5,11-13,16-18H,6-10,14-15H2,1-4H3,(H,37,42)/t17-,18+. The Morgan fingerprint density at radius 3 is 2.26 bits per heavy atom. The highest BCUT2D eigenvalue weighted by atomic mass is 19.4. The van der Waals surface area contributed by atoms with E-state index in [4.69, 9.17) is 4.74 Å². The SMILES string of the molecule is C[C@@H]1CN(c2cc(F)c(-c3cnc(N4CCOCC4)nc3)c(F)c2NC(=O)C2=CN(C)CC=C2C(F)(F)F)C[C@H](C)N1C. The van der Waals surface area contributed by atoms with Crippen molar-refractivity contribution in [3.63, 3.8) is 0 Å². The van der Waals surface area contributed by atoms with Gasteiger partial charge in [0, 0.05) is 82.1 Å². The second-order valence-electron chi connectivity index (χ2n) is 11.1. The van der Waals surface area contributed by atoms with Crippen LogP contribution in [0.5, 0.6) is 0 Å². The molecule has 0 bridgehead atoms. The number of nitrogens with zero attached hydrogens (tertiary/aromatic N) is 6. The van der Waals surface area contributed by atoms with E-state index in [9.17, 15) is 18.0 Å². The molecule has 3 aliphatic rings. The van der Waals surface area contributed by atoms with E-state index in [-0.39, 0.29) is 29.9 Å². The van der Waals surface area contributed by atoms with Gasteiger partial charge in [-0.1, -0.05) is 6.08 Å². The number of amides is 1. The molecule has 1 amide bonds. The Balaban J connectivity index is 1.57. The molecule has 1 N–H and O–H groups in total. The van der Waals surface area contributed by atoms with Crippen molar-refractivity contribution < 1.29 is 31.5 Å². The quantitative estimate of drug-likeness (QED) is 0.511. The number of carbonyl (C=O) groups excluding carboxylic acids is 1. The first-order valence-electron chi connectivity index (χ1n) is 14.0. The number of alkyl halides is 3. The molecule has 2 saturated heterocycles. The number of likely N-dealkylation sites (N-methyl/N-ethyl adjacent to an activating group) is 2. The average molecular weight is 608 g/mol. The molecule has 2 atom stereocenters. The molecule has 0 spiro atoms. The monoisotopic (exact) mass is 607 g/mol. The molecule has 0 radical (unpaired) electrons. The Hall–Kier alpha value is -3.78. The molecule has 0 saturated carbocycles. The molecule has 1 aromatic heterocycles. The summed E-state index contributed by atoms with van der Waals surface area (Å²) in [6.07, 6.45) is -0.263. The lowest BCUT2D eigenvalue weighted by molar-refractivity contribution is -0.115. The van der Waals surface area contributed by atoms with Crippen molar-refractivity contribution >= 4 is 23.2 Å². The summed E-state index contributed by atoms with van der Waals surface area (Å²) in [5, 5.41) is 2.38. The highest BCUT2D eigenvalue weighted by Crippen LogP contribution is 2.40. The van der Waals surface area contributed by atoms with Crippen LogP contribution in [0.25, 0.3) is 11.1 Å². The van der Waals surface area contributed by atoms with Crippen molar-refractivity contribution in [2.24, 2.45) is 0 Å². The Morgan fingerprint density at radius 1 is 1.02 bits per heavy atom. The van der Waals surface area contributed by atoms with E-state index >= 15 is 8.78 Å². The van der Waals surface area contributed by atoms with E-state index in [0.717, 1.165) is 18.3 Å². The molecule has 3 aliphatic heterocycles. The molecule has 9 nitrogen and oxygen atoms in total. The van der Waals surface area contributed by atoms with E-state index in [1.165, 1.54) is 24.3 Å². The number of aromatic nitrogens is 2. The predicted octanol–water partition coefficient (Wildman–Crippen LogP) is 4.04. The summed E-state index contributed by atoms with van der Waals surface area (Å²) in [7, 11) is 3.46. The van der Waals surface area contributed by atoms with Crippen molar-refractivity contribution in [3.05, 3.63) is 53.5 Å². The van der Waals surface area contributed by atoms with Crippen molar-refractivity contribution in [3.8, 4) is 11.1 Å². The zero-order valence-electron chi connectivity index (χ0n) is 24.4. The van der Waals surface area contributed by atoms with Gasteiger partial charge in [0.1, 0.15) is 11.5 Å². The lowest BCUT2D eigenvalue weighted by atomic mass is 10.0. The maximum Gasteiger partial charge on any atom is 0.416 e. The molecule has 5 rings (SSSR count). The number of carbonyl (C=O) groups is 1. The van der Waals surface area contributed by atoms with Crippen molar-refractivity contribution in [2.75, 3.05) is 75.1 Å². The van der Waals surface area contributed by atoms with Crippen LogP contribution in [0, 0.1) is 11.6 Å². The molecule has 1 aromatic carbocycles. The summed E-state index contributed by atoms with van der Waals surface area (Å²) in [5.41, 5.74) is -2.66. The van der Waals surface area contributed by atoms with Crippen LogP contribution in [0.4, 0.5) is 39.3 Å². The van der Waals surface area contributed by atoms with Crippen LogP contribution in [0.15, 0.2) is 41.9 Å². The molecular weight excluding hydrogens is 573 g/mol. The number of anilines is 3. The summed E-state index contributed by atoms with van der Waals surface area (Å²) >= 11 is 0. The van der Waals surface area contributed by atoms with Crippen LogP contribution in [-0.4, -0.2) is 104 Å². The molecule has 0 unspecified atom stereocenters. The predicted molar refractivity (Wildman–Crippen MR) is 153 cm³/mol. The number of benzene rings is 1. The number of piperazine rings is 1. The fraction of sp³-hybridized carbons (Fsp3) is 0.483. The zero-order chi connectivity index (χ0) is 31.1. The van der Waals surface area contributed by atoms with Crippen LogP contribution in [0.2, 0.25) is 0 Å². The molecule has 4 heterocycles. The van der Waals surface area contributed by atoms with Crippen LogP contribution >= 0.6 is 0 Å². The minimum Gasteiger partial charge on any atom is -0.378 e. The molecule has 2 aromatic rings. The highest BCUT2D eigenvalue weighted by Gasteiger charge is 2.40. The van der Waals surface area contributed by atoms with Gasteiger partial charge >= 0.3 is 6.18 Å². The van der Waals surface area contributed by atoms with E-state index in [0.29, 0.717) is 45.3 Å². The van der Waals surface area contributed by atoms with Gasteiger partial charge in [-0.25, -0.2) is 18.7 Å². The second-order valence-corrected chi connectivity index (χ2v) is 11.1. The molecule has 0 aliphatic carbocycles. The van der Waals surface area contributed by atoms with Gasteiger partial charge in [0.2, 0.25) is 5.95 Å². The smallest absolute Gasteiger partial charge is 0.378 e. The summed E-state index contributed by atoms with van der Waals surface area (Å²) in [4.78, 5) is 29.1. The fourth-order valence-electron chi connectivity index (χ4n) is 5.54. The fourth-order valence-corrected chi connectivity index (χ4v) is 5.54. The first-order valence-corrected chi connectivity index (χ1v) is 14.0. The number of rotatable bonds is 5. The van der Waals surface area contributed by atoms with Gasteiger partial charge in [-0.2, -0.15) is 13.2 Å². The first kappa shape index (κ1) is 30.7. The molecule has 43 heavy (non-hydrogen) atoms. The number of ether oxygens (including phenoxy) is 1. The molecular formula is C29H34F5N7O2. The minimum atomic E-state index is -4.80. The maximum absolute atomic E-state index is 16.5.